The van der Waals surface area contributed by atoms with Crippen LogP contribution in [0.3, 0.4) is 0 Å². The zero-order valence-corrected chi connectivity index (χ0v) is 13.4. The molecule has 0 fully saturated rings. The summed E-state index contributed by atoms with van der Waals surface area (Å²) in [5, 5.41) is 2.89. The number of hydrogen-bond donors (Lipinski definition) is 0. The van der Waals surface area contributed by atoms with Crippen LogP contribution in [0.2, 0.25) is 0 Å². The lowest BCUT2D eigenvalue weighted by atomic mass is 9.89. The van der Waals surface area contributed by atoms with Crippen LogP contribution in [0.25, 0.3) is 33.0 Å². The van der Waals surface area contributed by atoms with Crippen molar-refractivity contribution in [3.63, 3.8) is 0 Å². The average molecular weight is 286 g/mol. The summed E-state index contributed by atoms with van der Waals surface area (Å²) in [6.07, 6.45) is 4.79. The lowest BCUT2D eigenvalue weighted by Crippen LogP contribution is -1.97. The van der Waals surface area contributed by atoms with Gasteiger partial charge in [-0.3, -0.25) is 0 Å². The van der Waals surface area contributed by atoms with Crippen molar-refractivity contribution in [1.29, 1.82) is 0 Å². The Kier molecular flexibility index (Phi) is 3.26. The Hall–Kier alpha value is -2.08. The van der Waals surface area contributed by atoms with E-state index in [0.29, 0.717) is 0 Å². The van der Waals surface area contributed by atoms with E-state index >= 15 is 0 Å². The first kappa shape index (κ1) is 13.6. The monoisotopic (exact) mass is 286 g/mol. The molecule has 0 saturated heterocycles. The van der Waals surface area contributed by atoms with Crippen molar-refractivity contribution in [1.82, 2.24) is 0 Å². The van der Waals surface area contributed by atoms with Gasteiger partial charge in [0, 0.05) is 0 Å². The van der Waals surface area contributed by atoms with Gasteiger partial charge in [0.15, 0.2) is 0 Å². The normalized spacial score (nSPS) is 11.9. The molecule has 0 aliphatic heterocycles. The molecule has 0 saturated carbocycles. The molecule has 0 heterocycles. The molecule has 0 heteroatoms. The molecule has 0 amide bonds. The molecule has 0 N–H and O–H groups in total. The Bertz CT molecular complexity index is 855. The summed E-state index contributed by atoms with van der Waals surface area (Å²) in [4.78, 5) is 0. The van der Waals surface area contributed by atoms with Crippen LogP contribution in [0, 0.1) is 0 Å². The molecule has 1 aliphatic rings. The maximum Gasteiger partial charge on any atom is -0.00234 e. The minimum atomic E-state index is 1.18. The maximum atomic E-state index is 2.45. The van der Waals surface area contributed by atoms with Gasteiger partial charge in [0.05, 0.1) is 0 Å². The summed E-state index contributed by atoms with van der Waals surface area (Å²) in [7, 11) is 0. The molecule has 1 aliphatic carbocycles. The van der Waals surface area contributed by atoms with Gasteiger partial charge in [-0.1, -0.05) is 75.2 Å². The van der Waals surface area contributed by atoms with Crippen LogP contribution in [0.1, 0.15) is 37.8 Å². The Labute approximate surface area is 132 Å². The van der Waals surface area contributed by atoms with Gasteiger partial charge in [-0.25, -0.2) is 0 Å². The van der Waals surface area contributed by atoms with Crippen molar-refractivity contribution in [2.24, 2.45) is 0 Å². The average Bonchev–Trinajstić information content (AvgIpc) is 2.88. The summed E-state index contributed by atoms with van der Waals surface area (Å²) >= 11 is 0. The quantitative estimate of drug-likeness (QED) is 0.407. The van der Waals surface area contributed by atoms with Crippen LogP contribution in [-0.2, 0) is 12.8 Å². The first-order valence-corrected chi connectivity index (χ1v) is 8.52. The minimum absolute atomic E-state index is 1.18. The molecule has 0 spiro atoms. The number of rotatable bonds is 4. The van der Waals surface area contributed by atoms with E-state index in [1.165, 1.54) is 58.7 Å². The van der Waals surface area contributed by atoms with Crippen molar-refractivity contribution in [3.8, 4) is 22.3 Å². The van der Waals surface area contributed by atoms with Gasteiger partial charge in [0.25, 0.3) is 0 Å². The van der Waals surface area contributed by atoms with Gasteiger partial charge < -0.3 is 0 Å². The van der Waals surface area contributed by atoms with Crippen LogP contribution in [0.5, 0.6) is 0 Å². The molecule has 110 valence electrons. The van der Waals surface area contributed by atoms with Crippen LogP contribution in [0.4, 0.5) is 0 Å². The van der Waals surface area contributed by atoms with E-state index in [-0.39, 0.29) is 0 Å². The summed E-state index contributed by atoms with van der Waals surface area (Å²) in [6, 6.07) is 18.1. The Balaban J connectivity index is 2.14. The SMILES string of the molecule is CCCc1cc2cccc3c2c(c1CCC)-c1ccccc1-3. The third-order valence-electron chi connectivity index (χ3n) is 4.87. The molecule has 0 atom stereocenters. The molecule has 22 heavy (non-hydrogen) atoms. The summed E-state index contributed by atoms with van der Waals surface area (Å²) in [5.41, 5.74) is 8.94. The number of hydrogen-bond acceptors (Lipinski definition) is 0. The topological polar surface area (TPSA) is 0 Å². The van der Waals surface area contributed by atoms with Crippen LogP contribution < -0.4 is 0 Å². The second-order valence-corrected chi connectivity index (χ2v) is 6.34. The predicted octanol–water partition coefficient (Wildman–Crippen LogP) is 6.39. The molecule has 4 rings (SSSR count). The molecule has 3 aromatic rings. The lowest BCUT2D eigenvalue weighted by Gasteiger charge is -2.15. The van der Waals surface area contributed by atoms with Crippen molar-refractivity contribution in [2.45, 2.75) is 39.5 Å². The largest absolute Gasteiger partial charge is 0.0651 e. The number of benzene rings is 3. The van der Waals surface area contributed by atoms with E-state index in [0.717, 1.165) is 0 Å². The van der Waals surface area contributed by atoms with E-state index in [1.54, 1.807) is 11.1 Å². The Morgan fingerprint density at radius 1 is 0.727 bits per heavy atom. The van der Waals surface area contributed by atoms with Gasteiger partial charge >= 0.3 is 0 Å². The zero-order chi connectivity index (χ0) is 15.1. The van der Waals surface area contributed by atoms with Crippen LogP contribution >= 0.6 is 0 Å². The third kappa shape index (κ3) is 1.83. The fraction of sp³-hybridized carbons (Fsp3) is 0.273. The van der Waals surface area contributed by atoms with E-state index in [1.807, 2.05) is 0 Å². The van der Waals surface area contributed by atoms with E-state index < -0.39 is 0 Å². The fourth-order valence-electron chi connectivity index (χ4n) is 4.04. The lowest BCUT2D eigenvalue weighted by molar-refractivity contribution is 0.865. The van der Waals surface area contributed by atoms with Gasteiger partial charge in [0.1, 0.15) is 0 Å². The highest BCUT2D eigenvalue weighted by molar-refractivity contribution is 6.16. The second-order valence-electron chi connectivity index (χ2n) is 6.34. The van der Waals surface area contributed by atoms with Crippen molar-refractivity contribution >= 4 is 10.8 Å². The molecule has 3 aromatic carbocycles. The van der Waals surface area contributed by atoms with Gasteiger partial charge in [-0.05, 0) is 57.0 Å². The maximum absolute atomic E-state index is 2.45. The Morgan fingerprint density at radius 3 is 2.23 bits per heavy atom. The molecular weight excluding hydrogens is 264 g/mol. The van der Waals surface area contributed by atoms with Gasteiger partial charge in [-0.2, -0.15) is 0 Å². The van der Waals surface area contributed by atoms with Crippen molar-refractivity contribution < 1.29 is 0 Å². The number of aryl methyl sites for hydroxylation is 1. The molecule has 0 unspecified atom stereocenters. The highest BCUT2D eigenvalue weighted by Crippen LogP contribution is 2.49. The third-order valence-corrected chi connectivity index (χ3v) is 4.87. The first-order chi connectivity index (χ1) is 10.8. The summed E-state index contributed by atoms with van der Waals surface area (Å²) in [5.74, 6) is 0. The standard InChI is InChI=1S/C22H22/c1-3-8-15-14-16-10-7-13-19-18-11-5-6-12-20(18)22(21(16)19)17(15)9-4-2/h5-7,10-14H,3-4,8-9H2,1-2H3. The number of fused-ring (bicyclic) bond motifs is 3. The molecular formula is C22H22. The first-order valence-electron chi connectivity index (χ1n) is 8.52. The van der Waals surface area contributed by atoms with E-state index in [4.69, 9.17) is 0 Å². The molecule has 0 nitrogen and oxygen atoms in total. The van der Waals surface area contributed by atoms with Crippen LogP contribution in [0.15, 0.2) is 48.5 Å². The van der Waals surface area contributed by atoms with Crippen molar-refractivity contribution in [3.05, 3.63) is 59.7 Å². The van der Waals surface area contributed by atoms with Gasteiger partial charge in [-0.15, -0.1) is 0 Å². The predicted molar refractivity (Wildman–Crippen MR) is 96.4 cm³/mol. The zero-order valence-electron chi connectivity index (χ0n) is 13.4. The Morgan fingerprint density at radius 2 is 1.45 bits per heavy atom. The fourth-order valence-corrected chi connectivity index (χ4v) is 4.04. The second kappa shape index (κ2) is 5.28. The van der Waals surface area contributed by atoms with Crippen LogP contribution in [-0.4, -0.2) is 0 Å². The van der Waals surface area contributed by atoms with E-state index in [9.17, 15) is 0 Å². The molecule has 0 bridgehead atoms. The molecule has 0 radical (unpaired) electrons. The smallest absolute Gasteiger partial charge is 0.00234 e. The minimum Gasteiger partial charge on any atom is -0.0651 e. The summed E-state index contributed by atoms with van der Waals surface area (Å²) < 4.78 is 0. The highest BCUT2D eigenvalue weighted by Gasteiger charge is 2.24. The molecule has 0 aromatic heterocycles. The van der Waals surface area contributed by atoms with Gasteiger partial charge in [0.2, 0.25) is 0 Å². The highest BCUT2D eigenvalue weighted by atomic mass is 14.3. The van der Waals surface area contributed by atoms with Crippen molar-refractivity contribution in [2.75, 3.05) is 0 Å². The summed E-state index contributed by atoms with van der Waals surface area (Å²) in [6.45, 7) is 4.57. The van der Waals surface area contributed by atoms with E-state index in [2.05, 4.69) is 62.4 Å².